The molecule has 0 aromatic heterocycles. The molecule has 0 fully saturated rings. The van der Waals surface area contributed by atoms with Crippen LogP contribution in [-0.4, -0.2) is 0 Å². The Morgan fingerprint density at radius 2 is 2.00 bits per heavy atom. The first kappa shape index (κ1) is 9.48. The second-order valence-corrected chi connectivity index (χ2v) is 2.62. The Hall–Kier alpha value is -0.520. The van der Waals surface area contributed by atoms with Gasteiger partial charge in [-0.25, -0.2) is 0 Å². The second-order valence-electron chi connectivity index (χ2n) is 2.62. The zero-order valence-electron chi connectivity index (χ0n) is 7.30. The lowest BCUT2D eigenvalue weighted by atomic mass is 10.1. The van der Waals surface area contributed by atoms with Crippen molar-refractivity contribution in [1.29, 1.82) is 0 Å². The first-order valence-electron chi connectivity index (χ1n) is 4.09. The Bertz CT molecular complexity index is 109. The largest absolute Gasteiger partial charge is 0.0914 e. The summed E-state index contributed by atoms with van der Waals surface area (Å²) in [5, 5.41) is 0. The molecule has 1 atom stereocenters. The van der Waals surface area contributed by atoms with Crippen LogP contribution in [0.15, 0.2) is 24.3 Å². The van der Waals surface area contributed by atoms with E-state index in [4.69, 9.17) is 0 Å². The molecule has 0 heterocycles. The van der Waals surface area contributed by atoms with Crippen molar-refractivity contribution in [3.05, 3.63) is 24.3 Å². The molecule has 0 bridgehead atoms. The van der Waals surface area contributed by atoms with Crippen LogP contribution in [0.1, 0.15) is 33.6 Å². The summed E-state index contributed by atoms with van der Waals surface area (Å²) in [4.78, 5) is 0. The molecule has 0 N–H and O–H groups in total. The van der Waals surface area contributed by atoms with E-state index in [1.165, 1.54) is 6.42 Å². The summed E-state index contributed by atoms with van der Waals surface area (Å²) in [5.41, 5.74) is 0. The van der Waals surface area contributed by atoms with Crippen molar-refractivity contribution in [1.82, 2.24) is 0 Å². The van der Waals surface area contributed by atoms with E-state index in [-0.39, 0.29) is 0 Å². The van der Waals surface area contributed by atoms with Gasteiger partial charge in [-0.15, -0.1) is 0 Å². The average Bonchev–Trinajstić information content (AvgIpc) is 1.98. The highest BCUT2D eigenvalue weighted by molar-refractivity contribution is 4.93. The number of hydrogen-bond acceptors (Lipinski definition) is 0. The lowest BCUT2D eigenvalue weighted by molar-refractivity contribution is 0.696. The predicted octanol–water partition coefficient (Wildman–Crippen LogP) is 3.55. The predicted molar refractivity (Wildman–Crippen MR) is 48.0 cm³/mol. The molecule has 0 saturated carbocycles. The molecule has 58 valence electrons. The van der Waals surface area contributed by atoms with Crippen molar-refractivity contribution in [3.63, 3.8) is 0 Å². The van der Waals surface area contributed by atoms with Gasteiger partial charge in [0.1, 0.15) is 0 Å². The van der Waals surface area contributed by atoms with Gasteiger partial charge in [0.15, 0.2) is 0 Å². The van der Waals surface area contributed by atoms with E-state index in [1.807, 2.05) is 0 Å². The molecule has 0 amide bonds. The Balaban J connectivity index is 3.35. The normalized spacial score (nSPS) is 15.1. The van der Waals surface area contributed by atoms with Crippen LogP contribution in [0.25, 0.3) is 0 Å². The topological polar surface area (TPSA) is 0 Å². The Morgan fingerprint density at radius 1 is 1.30 bits per heavy atom. The van der Waals surface area contributed by atoms with Gasteiger partial charge < -0.3 is 0 Å². The smallest absolute Gasteiger partial charge is 0.0169 e. The van der Waals surface area contributed by atoms with E-state index in [0.717, 1.165) is 12.3 Å². The van der Waals surface area contributed by atoms with E-state index in [1.54, 1.807) is 0 Å². The van der Waals surface area contributed by atoms with Crippen molar-refractivity contribution in [2.24, 2.45) is 5.92 Å². The number of rotatable bonds is 4. The van der Waals surface area contributed by atoms with Gasteiger partial charge in [-0.2, -0.15) is 0 Å². The quantitative estimate of drug-likeness (QED) is 0.521. The van der Waals surface area contributed by atoms with Crippen molar-refractivity contribution >= 4 is 0 Å². The molecule has 0 nitrogen and oxygen atoms in total. The van der Waals surface area contributed by atoms with Crippen LogP contribution in [0.2, 0.25) is 0 Å². The summed E-state index contributed by atoms with van der Waals surface area (Å²) in [5.74, 6) is 0.741. The third kappa shape index (κ3) is 5.61. The average molecular weight is 138 g/mol. The molecule has 0 rings (SSSR count). The molecule has 0 aliphatic rings. The fraction of sp³-hybridized carbons (Fsp3) is 0.600. The van der Waals surface area contributed by atoms with Crippen LogP contribution >= 0.6 is 0 Å². The molecule has 10 heavy (non-hydrogen) atoms. The number of hydrogen-bond donors (Lipinski definition) is 0. The molecule has 0 radical (unpaired) electrons. The standard InChI is InChI=1S/C10H18/c1-4-6-7-8-9-10(3)5-2/h4,6,8-10H,5,7H2,1-3H3/b6-4+,9-8+. The molecule has 0 spiro atoms. The maximum absolute atomic E-state index is 2.28. The maximum Gasteiger partial charge on any atom is -0.0169 e. The van der Waals surface area contributed by atoms with Gasteiger partial charge in [0.05, 0.1) is 0 Å². The first-order chi connectivity index (χ1) is 4.81. The third-order valence-electron chi connectivity index (χ3n) is 1.62. The van der Waals surface area contributed by atoms with Gasteiger partial charge in [-0.3, -0.25) is 0 Å². The molecule has 0 heteroatoms. The second kappa shape index (κ2) is 6.60. The van der Waals surface area contributed by atoms with Crippen LogP contribution < -0.4 is 0 Å². The molecule has 0 aliphatic carbocycles. The minimum atomic E-state index is 0.741. The minimum absolute atomic E-state index is 0.741. The highest BCUT2D eigenvalue weighted by atomic mass is 13.9. The molecule has 0 aromatic carbocycles. The van der Waals surface area contributed by atoms with Crippen LogP contribution in [0.5, 0.6) is 0 Å². The third-order valence-corrected chi connectivity index (χ3v) is 1.62. The van der Waals surface area contributed by atoms with Crippen LogP contribution in [0, 0.1) is 5.92 Å². The lowest BCUT2D eigenvalue weighted by Crippen LogP contribution is -1.82. The summed E-state index contributed by atoms with van der Waals surface area (Å²) >= 11 is 0. The summed E-state index contributed by atoms with van der Waals surface area (Å²) in [6.45, 7) is 6.51. The van der Waals surface area contributed by atoms with Gasteiger partial charge in [-0.1, -0.05) is 44.6 Å². The number of allylic oxidation sites excluding steroid dienone is 4. The van der Waals surface area contributed by atoms with Crippen molar-refractivity contribution in [2.75, 3.05) is 0 Å². The van der Waals surface area contributed by atoms with Crippen molar-refractivity contribution in [3.8, 4) is 0 Å². The highest BCUT2D eigenvalue weighted by Crippen LogP contribution is 2.02. The van der Waals surface area contributed by atoms with Crippen LogP contribution in [0.3, 0.4) is 0 Å². The summed E-state index contributed by atoms with van der Waals surface area (Å²) in [6.07, 6.45) is 11.1. The van der Waals surface area contributed by atoms with Gasteiger partial charge in [0.2, 0.25) is 0 Å². The Kier molecular flexibility index (Phi) is 6.25. The van der Waals surface area contributed by atoms with E-state index in [2.05, 4.69) is 45.1 Å². The summed E-state index contributed by atoms with van der Waals surface area (Å²) in [6, 6.07) is 0. The SMILES string of the molecule is C/C=C/C/C=C/C(C)CC. The van der Waals surface area contributed by atoms with Gasteiger partial charge in [0.25, 0.3) is 0 Å². The molecular weight excluding hydrogens is 120 g/mol. The molecule has 0 aliphatic heterocycles. The maximum atomic E-state index is 2.28. The van der Waals surface area contributed by atoms with Gasteiger partial charge in [0, 0.05) is 0 Å². The molecule has 0 saturated heterocycles. The molecule has 0 aromatic rings. The highest BCUT2D eigenvalue weighted by Gasteiger charge is 1.87. The van der Waals surface area contributed by atoms with Gasteiger partial charge in [-0.05, 0) is 19.3 Å². The first-order valence-corrected chi connectivity index (χ1v) is 4.09. The zero-order chi connectivity index (χ0) is 7.82. The molecular formula is C10H18. The van der Waals surface area contributed by atoms with E-state index in [9.17, 15) is 0 Å². The Morgan fingerprint density at radius 3 is 2.50 bits per heavy atom. The van der Waals surface area contributed by atoms with Crippen molar-refractivity contribution < 1.29 is 0 Å². The van der Waals surface area contributed by atoms with Gasteiger partial charge >= 0.3 is 0 Å². The molecule has 1 unspecified atom stereocenters. The van der Waals surface area contributed by atoms with E-state index in [0.29, 0.717) is 0 Å². The van der Waals surface area contributed by atoms with E-state index < -0.39 is 0 Å². The van der Waals surface area contributed by atoms with Crippen LogP contribution in [-0.2, 0) is 0 Å². The van der Waals surface area contributed by atoms with Crippen LogP contribution in [0.4, 0.5) is 0 Å². The Labute approximate surface area is 64.6 Å². The minimum Gasteiger partial charge on any atom is -0.0914 e. The fourth-order valence-corrected chi connectivity index (χ4v) is 0.662. The monoisotopic (exact) mass is 138 g/mol. The zero-order valence-corrected chi connectivity index (χ0v) is 7.30. The lowest BCUT2D eigenvalue weighted by Gasteiger charge is -1.97. The summed E-state index contributed by atoms with van der Waals surface area (Å²) in [7, 11) is 0. The van der Waals surface area contributed by atoms with Crippen molar-refractivity contribution in [2.45, 2.75) is 33.6 Å². The fourth-order valence-electron chi connectivity index (χ4n) is 0.662. The summed E-state index contributed by atoms with van der Waals surface area (Å²) < 4.78 is 0. The van der Waals surface area contributed by atoms with E-state index >= 15 is 0 Å².